The Bertz CT molecular complexity index is 504. The molecule has 1 atom stereocenters. The van der Waals surface area contributed by atoms with Crippen molar-refractivity contribution < 1.29 is 9.72 Å². The zero-order valence-electron chi connectivity index (χ0n) is 11.7. The van der Waals surface area contributed by atoms with Gasteiger partial charge in [0.25, 0.3) is 5.91 Å². The molecule has 1 aromatic heterocycles. The van der Waals surface area contributed by atoms with E-state index < -0.39 is 16.5 Å². The number of pyridine rings is 1. The van der Waals surface area contributed by atoms with Gasteiger partial charge in [0.1, 0.15) is 5.56 Å². The Labute approximate surface area is 122 Å². The standard InChI is InChI=1S/C13H18ClN3O3/c1-4-9(5-2)8(3)16-13(18)10-6-7-15-12(14)11(10)17(19)20/h6-9H,4-5H2,1-3H3,(H,16,18). The normalized spacial score (nSPS) is 12.2. The number of nitrogens with one attached hydrogen (secondary N) is 1. The molecular formula is C13H18ClN3O3. The summed E-state index contributed by atoms with van der Waals surface area (Å²) in [5.41, 5.74) is -0.517. The lowest BCUT2D eigenvalue weighted by Gasteiger charge is -2.22. The monoisotopic (exact) mass is 299 g/mol. The zero-order valence-corrected chi connectivity index (χ0v) is 12.5. The molecule has 1 heterocycles. The molecule has 0 radical (unpaired) electrons. The van der Waals surface area contributed by atoms with Crippen LogP contribution in [0.2, 0.25) is 5.15 Å². The van der Waals surface area contributed by atoms with Crippen LogP contribution in [-0.4, -0.2) is 21.9 Å². The van der Waals surface area contributed by atoms with Crippen molar-refractivity contribution in [3.8, 4) is 0 Å². The topological polar surface area (TPSA) is 85.1 Å². The molecule has 110 valence electrons. The van der Waals surface area contributed by atoms with Gasteiger partial charge in [0.2, 0.25) is 5.15 Å². The molecule has 0 spiro atoms. The maximum atomic E-state index is 12.2. The molecule has 0 aromatic carbocycles. The van der Waals surface area contributed by atoms with E-state index in [1.165, 1.54) is 12.3 Å². The van der Waals surface area contributed by atoms with Crippen LogP contribution in [0.15, 0.2) is 12.3 Å². The second-order valence-corrected chi connectivity index (χ2v) is 4.95. The van der Waals surface area contributed by atoms with Gasteiger partial charge >= 0.3 is 5.69 Å². The number of halogens is 1. The molecule has 20 heavy (non-hydrogen) atoms. The molecule has 1 amide bonds. The van der Waals surface area contributed by atoms with Crippen LogP contribution in [0.1, 0.15) is 44.0 Å². The summed E-state index contributed by atoms with van der Waals surface area (Å²) in [6.45, 7) is 5.98. The van der Waals surface area contributed by atoms with E-state index in [0.717, 1.165) is 12.8 Å². The number of nitro groups is 1. The number of carbonyl (C=O) groups excluding carboxylic acids is 1. The van der Waals surface area contributed by atoms with Crippen molar-refractivity contribution in [3.63, 3.8) is 0 Å². The number of nitrogens with zero attached hydrogens (tertiary/aromatic N) is 2. The first-order valence-electron chi connectivity index (χ1n) is 6.52. The summed E-state index contributed by atoms with van der Waals surface area (Å²) in [7, 11) is 0. The van der Waals surface area contributed by atoms with E-state index in [1.54, 1.807) is 0 Å². The summed E-state index contributed by atoms with van der Waals surface area (Å²) in [5.74, 6) is -0.171. The van der Waals surface area contributed by atoms with Gasteiger partial charge in [-0.1, -0.05) is 38.3 Å². The molecular weight excluding hydrogens is 282 g/mol. The highest BCUT2D eigenvalue weighted by atomic mass is 35.5. The smallest absolute Gasteiger partial charge is 0.319 e. The molecule has 0 fully saturated rings. The summed E-state index contributed by atoms with van der Waals surface area (Å²) < 4.78 is 0. The Balaban J connectivity index is 2.99. The van der Waals surface area contributed by atoms with Crippen molar-refractivity contribution >= 4 is 23.2 Å². The first-order chi connectivity index (χ1) is 9.42. The summed E-state index contributed by atoms with van der Waals surface area (Å²) >= 11 is 5.69. The van der Waals surface area contributed by atoms with E-state index in [1.807, 2.05) is 20.8 Å². The second kappa shape index (κ2) is 7.19. The van der Waals surface area contributed by atoms with Crippen LogP contribution in [-0.2, 0) is 0 Å². The van der Waals surface area contributed by atoms with Gasteiger partial charge in [0.05, 0.1) is 4.92 Å². The van der Waals surface area contributed by atoms with Crippen LogP contribution in [0.3, 0.4) is 0 Å². The molecule has 1 rings (SSSR count). The summed E-state index contributed by atoms with van der Waals surface area (Å²) in [4.78, 5) is 26.1. The maximum absolute atomic E-state index is 12.2. The third-order valence-electron chi connectivity index (χ3n) is 3.42. The first kappa shape index (κ1) is 16.4. The molecule has 7 heteroatoms. The number of hydrogen-bond acceptors (Lipinski definition) is 4. The SMILES string of the molecule is CCC(CC)C(C)NC(=O)c1ccnc(Cl)c1[N+](=O)[O-]. The van der Waals surface area contributed by atoms with E-state index in [4.69, 9.17) is 11.6 Å². The first-order valence-corrected chi connectivity index (χ1v) is 6.89. The minimum absolute atomic E-state index is 0.0622. The van der Waals surface area contributed by atoms with Crippen LogP contribution in [0.4, 0.5) is 5.69 Å². The lowest BCUT2D eigenvalue weighted by Crippen LogP contribution is -2.38. The fourth-order valence-electron chi connectivity index (χ4n) is 2.18. The van der Waals surface area contributed by atoms with Crippen molar-refractivity contribution in [2.75, 3.05) is 0 Å². The average Bonchev–Trinajstić information content (AvgIpc) is 2.39. The molecule has 0 saturated carbocycles. The molecule has 6 nitrogen and oxygen atoms in total. The quantitative estimate of drug-likeness (QED) is 0.496. The van der Waals surface area contributed by atoms with E-state index >= 15 is 0 Å². The summed E-state index contributed by atoms with van der Waals surface area (Å²) in [5, 5.41) is 13.5. The van der Waals surface area contributed by atoms with Gasteiger partial charge in [0.15, 0.2) is 0 Å². The number of carbonyl (C=O) groups is 1. The molecule has 1 unspecified atom stereocenters. The predicted molar refractivity (Wildman–Crippen MR) is 76.9 cm³/mol. The minimum atomic E-state index is -0.688. The third kappa shape index (κ3) is 3.66. The highest BCUT2D eigenvalue weighted by Gasteiger charge is 2.26. The van der Waals surface area contributed by atoms with Gasteiger partial charge in [-0.15, -0.1) is 0 Å². The Hall–Kier alpha value is -1.69. The molecule has 0 saturated heterocycles. The van der Waals surface area contributed by atoms with E-state index in [9.17, 15) is 14.9 Å². The van der Waals surface area contributed by atoms with Crippen molar-refractivity contribution in [1.82, 2.24) is 10.3 Å². The third-order valence-corrected chi connectivity index (χ3v) is 3.70. The average molecular weight is 300 g/mol. The molecule has 1 aromatic rings. The lowest BCUT2D eigenvalue weighted by atomic mass is 9.95. The van der Waals surface area contributed by atoms with Gasteiger partial charge < -0.3 is 5.32 Å². The molecule has 1 N–H and O–H groups in total. The van der Waals surface area contributed by atoms with Crippen molar-refractivity contribution in [2.45, 2.75) is 39.7 Å². The fourth-order valence-corrected chi connectivity index (χ4v) is 2.41. The van der Waals surface area contributed by atoms with Crippen LogP contribution < -0.4 is 5.32 Å². The molecule has 0 aliphatic carbocycles. The second-order valence-electron chi connectivity index (χ2n) is 4.59. The van der Waals surface area contributed by atoms with Gasteiger partial charge in [0, 0.05) is 12.2 Å². The van der Waals surface area contributed by atoms with Crippen molar-refractivity contribution in [1.29, 1.82) is 0 Å². The van der Waals surface area contributed by atoms with E-state index in [2.05, 4.69) is 10.3 Å². The van der Waals surface area contributed by atoms with Gasteiger partial charge in [-0.2, -0.15) is 0 Å². The predicted octanol–water partition coefficient (Wildman–Crippen LogP) is 3.20. The zero-order chi connectivity index (χ0) is 15.3. The van der Waals surface area contributed by atoms with Crippen LogP contribution in [0.5, 0.6) is 0 Å². The van der Waals surface area contributed by atoms with E-state index in [-0.39, 0.29) is 16.8 Å². The maximum Gasteiger partial charge on any atom is 0.319 e. The fraction of sp³-hybridized carbons (Fsp3) is 0.538. The molecule has 0 aliphatic rings. The Morgan fingerprint density at radius 1 is 1.50 bits per heavy atom. The van der Waals surface area contributed by atoms with Crippen molar-refractivity contribution in [2.24, 2.45) is 5.92 Å². The number of rotatable bonds is 6. The summed E-state index contributed by atoms with van der Waals surface area (Å²) in [6.07, 6.45) is 3.14. The highest BCUT2D eigenvalue weighted by Crippen LogP contribution is 2.26. The molecule has 0 bridgehead atoms. The van der Waals surface area contributed by atoms with E-state index in [0.29, 0.717) is 5.92 Å². The van der Waals surface area contributed by atoms with Crippen LogP contribution in [0.25, 0.3) is 0 Å². The number of aromatic nitrogens is 1. The Kier molecular flexibility index (Phi) is 5.88. The summed E-state index contributed by atoms with van der Waals surface area (Å²) in [6, 6.07) is 1.24. The molecule has 0 aliphatic heterocycles. The number of hydrogen-bond donors (Lipinski definition) is 1. The van der Waals surface area contributed by atoms with Gasteiger partial charge in [-0.3, -0.25) is 14.9 Å². The van der Waals surface area contributed by atoms with Crippen LogP contribution >= 0.6 is 11.6 Å². The number of amides is 1. The Morgan fingerprint density at radius 3 is 2.60 bits per heavy atom. The van der Waals surface area contributed by atoms with Crippen molar-refractivity contribution in [3.05, 3.63) is 33.1 Å². The highest BCUT2D eigenvalue weighted by molar-refractivity contribution is 6.32. The van der Waals surface area contributed by atoms with Gasteiger partial charge in [-0.25, -0.2) is 4.98 Å². The Morgan fingerprint density at radius 2 is 2.10 bits per heavy atom. The van der Waals surface area contributed by atoms with Gasteiger partial charge in [-0.05, 0) is 18.9 Å². The largest absolute Gasteiger partial charge is 0.349 e. The minimum Gasteiger partial charge on any atom is -0.349 e. The lowest BCUT2D eigenvalue weighted by molar-refractivity contribution is -0.385. The van der Waals surface area contributed by atoms with Crippen LogP contribution in [0, 0.1) is 16.0 Å².